The van der Waals surface area contributed by atoms with Gasteiger partial charge in [-0.1, -0.05) is 0 Å². The van der Waals surface area contributed by atoms with E-state index in [0.29, 0.717) is 0 Å². The van der Waals surface area contributed by atoms with Gasteiger partial charge in [0.25, 0.3) is 11.6 Å². The second-order valence-electron chi connectivity index (χ2n) is 4.01. The number of aryl methyl sites for hydroxylation is 1. The Bertz CT molecular complexity index is 668. The minimum Gasteiger partial charge on any atom is -0.507 e. The molecule has 1 aromatic heterocycles. The van der Waals surface area contributed by atoms with Crippen LogP contribution in [0.2, 0.25) is 0 Å². The summed E-state index contributed by atoms with van der Waals surface area (Å²) in [5.74, 6) is -0.933. The van der Waals surface area contributed by atoms with Crippen LogP contribution >= 0.6 is 11.3 Å². The van der Waals surface area contributed by atoms with Crippen LogP contribution in [0.4, 0.5) is 5.69 Å². The van der Waals surface area contributed by atoms with Gasteiger partial charge in [0.1, 0.15) is 10.8 Å². The summed E-state index contributed by atoms with van der Waals surface area (Å²) < 4.78 is 0. The number of nitrogens with one attached hydrogen (secondary N) is 1. The van der Waals surface area contributed by atoms with Gasteiger partial charge in [0.2, 0.25) is 0 Å². The van der Waals surface area contributed by atoms with E-state index in [1.165, 1.54) is 23.5 Å². The first kappa shape index (κ1) is 13.9. The van der Waals surface area contributed by atoms with Gasteiger partial charge < -0.3 is 10.4 Å². The average Bonchev–Trinajstić information content (AvgIpc) is 2.81. The molecule has 2 aromatic rings. The number of phenolic OH excluding ortho intramolecular Hbond substituents is 1. The van der Waals surface area contributed by atoms with Crippen molar-refractivity contribution in [3.8, 4) is 5.75 Å². The number of thiazole rings is 1. The quantitative estimate of drug-likeness (QED) is 0.662. The molecule has 2 N–H and O–H groups in total. The van der Waals surface area contributed by atoms with Gasteiger partial charge in [0.05, 0.1) is 23.1 Å². The molecule has 0 saturated carbocycles. The maximum Gasteiger partial charge on any atom is 0.273 e. The number of carbonyl (C=O) groups is 1. The van der Waals surface area contributed by atoms with Gasteiger partial charge in [-0.05, 0) is 13.0 Å². The molecule has 104 valence electrons. The largest absolute Gasteiger partial charge is 0.507 e. The van der Waals surface area contributed by atoms with Gasteiger partial charge in [-0.2, -0.15) is 0 Å². The van der Waals surface area contributed by atoms with Crippen molar-refractivity contribution in [2.24, 2.45) is 0 Å². The minimum atomic E-state index is -0.639. The van der Waals surface area contributed by atoms with E-state index in [0.717, 1.165) is 16.0 Å². The fourth-order valence-corrected chi connectivity index (χ4v) is 2.29. The topological polar surface area (TPSA) is 105 Å². The first-order valence-corrected chi connectivity index (χ1v) is 6.46. The molecule has 0 aliphatic rings. The number of nitro groups is 1. The van der Waals surface area contributed by atoms with E-state index in [1.54, 1.807) is 6.20 Å². The Labute approximate surface area is 118 Å². The number of aromatic hydroxyl groups is 1. The number of aromatic nitrogens is 1. The molecule has 20 heavy (non-hydrogen) atoms. The molecule has 2 rings (SSSR count). The Morgan fingerprint density at radius 1 is 1.55 bits per heavy atom. The van der Waals surface area contributed by atoms with Gasteiger partial charge >= 0.3 is 0 Å². The van der Waals surface area contributed by atoms with E-state index < -0.39 is 16.6 Å². The fraction of sp³-hybridized carbons (Fsp3) is 0.167. The number of hydrogen-bond donors (Lipinski definition) is 2. The zero-order chi connectivity index (χ0) is 14.7. The third-order valence-electron chi connectivity index (χ3n) is 2.51. The lowest BCUT2D eigenvalue weighted by atomic mass is 10.1. The minimum absolute atomic E-state index is 0.0103. The van der Waals surface area contributed by atoms with Crippen LogP contribution in [0.5, 0.6) is 5.75 Å². The number of nitrogens with zero attached hydrogens (tertiary/aromatic N) is 2. The lowest BCUT2D eigenvalue weighted by molar-refractivity contribution is -0.384. The normalized spacial score (nSPS) is 10.2. The first-order valence-electron chi connectivity index (χ1n) is 5.64. The van der Waals surface area contributed by atoms with Crippen molar-refractivity contribution in [1.29, 1.82) is 0 Å². The highest BCUT2D eigenvalue weighted by Crippen LogP contribution is 2.23. The average molecular weight is 293 g/mol. The van der Waals surface area contributed by atoms with Crippen molar-refractivity contribution in [2.75, 3.05) is 0 Å². The second kappa shape index (κ2) is 5.66. The Morgan fingerprint density at radius 3 is 2.85 bits per heavy atom. The Kier molecular flexibility index (Phi) is 3.94. The third-order valence-corrected chi connectivity index (χ3v) is 3.42. The fourth-order valence-electron chi connectivity index (χ4n) is 1.56. The number of hydrogen-bond acceptors (Lipinski definition) is 6. The number of benzene rings is 1. The molecule has 0 spiro atoms. The summed E-state index contributed by atoms with van der Waals surface area (Å²) in [4.78, 5) is 26.9. The van der Waals surface area contributed by atoms with Crippen LogP contribution in [-0.2, 0) is 6.54 Å². The van der Waals surface area contributed by atoms with E-state index in [1.807, 2.05) is 6.92 Å². The van der Waals surface area contributed by atoms with Crippen LogP contribution in [0.15, 0.2) is 24.4 Å². The Balaban J connectivity index is 2.07. The summed E-state index contributed by atoms with van der Waals surface area (Å²) in [7, 11) is 0. The summed E-state index contributed by atoms with van der Waals surface area (Å²) in [5, 5.41) is 23.5. The van der Waals surface area contributed by atoms with E-state index in [2.05, 4.69) is 10.3 Å². The number of non-ortho nitro benzene ring substituents is 1. The zero-order valence-electron chi connectivity index (χ0n) is 10.5. The zero-order valence-corrected chi connectivity index (χ0v) is 11.3. The predicted molar refractivity (Wildman–Crippen MR) is 72.8 cm³/mol. The van der Waals surface area contributed by atoms with Gasteiger partial charge in [0, 0.05) is 17.1 Å². The van der Waals surface area contributed by atoms with Crippen LogP contribution in [-0.4, -0.2) is 20.9 Å². The van der Waals surface area contributed by atoms with Crippen molar-refractivity contribution in [2.45, 2.75) is 13.5 Å². The van der Waals surface area contributed by atoms with Gasteiger partial charge in [-0.15, -0.1) is 11.3 Å². The SMILES string of the molecule is Cc1cnc(CNC(=O)c2ccc([N+](=O)[O-])cc2O)s1. The van der Waals surface area contributed by atoms with Crippen molar-refractivity contribution < 1.29 is 14.8 Å². The number of nitro benzene ring substituents is 1. The van der Waals surface area contributed by atoms with Crippen LogP contribution in [0.25, 0.3) is 0 Å². The maximum atomic E-state index is 11.9. The van der Waals surface area contributed by atoms with E-state index >= 15 is 0 Å². The highest BCUT2D eigenvalue weighted by atomic mass is 32.1. The van der Waals surface area contributed by atoms with Gasteiger partial charge in [-0.3, -0.25) is 14.9 Å². The predicted octanol–water partition coefficient (Wildman–Crippen LogP) is 2.00. The summed E-state index contributed by atoms with van der Waals surface area (Å²) >= 11 is 1.46. The van der Waals surface area contributed by atoms with Crippen LogP contribution in [0, 0.1) is 17.0 Å². The summed E-state index contributed by atoms with van der Waals surface area (Å²) in [6.07, 6.45) is 1.70. The molecule has 0 unspecified atom stereocenters. The van der Waals surface area contributed by atoms with E-state index in [-0.39, 0.29) is 17.8 Å². The maximum absolute atomic E-state index is 11.9. The molecule has 1 aromatic carbocycles. The lowest BCUT2D eigenvalue weighted by Crippen LogP contribution is -2.22. The van der Waals surface area contributed by atoms with Crippen LogP contribution in [0.3, 0.4) is 0 Å². The molecule has 0 radical (unpaired) electrons. The number of amides is 1. The van der Waals surface area contributed by atoms with Crippen molar-refractivity contribution in [1.82, 2.24) is 10.3 Å². The first-order chi connectivity index (χ1) is 9.47. The monoisotopic (exact) mass is 293 g/mol. The molecular weight excluding hydrogens is 282 g/mol. The van der Waals surface area contributed by atoms with Crippen molar-refractivity contribution >= 4 is 22.9 Å². The molecule has 0 aliphatic heterocycles. The number of rotatable bonds is 4. The van der Waals surface area contributed by atoms with Gasteiger partial charge in [-0.25, -0.2) is 4.98 Å². The number of phenols is 1. The third kappa shape index (κ3) is 3.09. The smallest absolute Gasteiger partial charge is 0.273 e. The molecule has 1 heterocycles. The molecule has 7 nitrogen and oxygen atoms in total. The van der Waals surface area contributed by atoms with Crippen molar-refractivity contribution in [3.05, 3.63) is 50.0 Å². The Hall–Kier alpha value is -2.48. The highest BCUT2D eigenvalue weighted by molar-refractivity contribution is 7.11. The Morgan fingerprint density at radius 2 is 2.30 bits per heavy atom. The highest BCUT2D eigenvalue weighted by Gasteiger charge is 2.15. The van der Waals surface area contributed by atoms with Gasteiger partial charge in [0.15, 0.2) is 0 Å². The second-order valence-corrected chi connectivity index (χ2v) is 5.33. The number of carbonyl (C=O) groups excluding carboxylic acids is 1. The van der Waals surface area contributed by atoms with Crippen LogP contribution < -0.4 is 5.32 Å². The lowest BCUT2D eigenvalue weighted by Gasteiger charge is -2.05. The van der Waals surface area contributed by atoms with Crippen molar-refractivity contribution in [3.63, 3.8) is 0 Å². The summed E-state index contributed by atoms with van der Waals surface area (Å²) in [5.41, 5.74) is -0.279. The standard InChI is InChI=1S/C12H11N3O4S/c1-7-5-13-11(20-7)6-14-12(17)9-3-2-8(15(18)19)4-10(9)16/h2-5,16H,6H2,1H3,(H,14,17). The van der Waals surface area contributed by atoms with E-state index in [4.69, 9.17) is 0 Å². The molecule has 0 fully saturated rings. The molecule has 0 bridgehead atoms. The summed E-state index contributed by atoms with van der Waals surface area (Å²) in [6, 6.07) is 3.33. The molecule has 0 aliphatic carbocycles. The van der Waals surface area contributed by atoms with Crippen LogP contribution in [0.1, 0.15) is 20.2 Å². The molecule has 8 heteroatoms. The molecule has 1 amide bonds. The molecule has 0 atom stereocenters. The molecular formula is C12H11N3O4S. The van der Waals surface area contributed by atoms with E-state index in [9.17, 15) is 20.0 Å². The summed E-state index contributed by atoms with van der Waals surface area (Å²) in [6.45, 7) is 2.15. The molecule has 0 saturated heterocycles.